The summed E-state index contributed by atoms with van der Waals surface area (Å²) < 4.78 is 39.1. The van der Waals surface area contributed by atoms with Gasteiger partial charge in [0, 0.05) is 42.0 Å². The van der Waals surface area contributed by atoms with Gasteiger partial charge in [-0.3, -0.25) is 4.99 Å². The van der Waals surface area contributed by atoms with Gasteiger partial charge in [0.05, 0.1) is 29.9 Å². The molecule has 1 aromatic heterocycles. The Morgan fingerprint density at radius 1 is 1.30 bits per heavy atom. The largest absolute Gasteiger partial charge is 0.466 e. The van der Waals surface area contributed by atoms with Gasteiger partial charge in [-0.05, 0) is 51.0 Å². The second-order valence-corrected chi connectivity index (χ2v) is 11.7. The molecule has 40 heavy (non-hydrogen) atoms. The molecule has 12 heteroatoms. The van der Waals surface area contributed by atoms with Crippen LogP contribution in [0.2, 0.25) is 5.02 Å². The first-order valence-electron chi connectivity index (χ1n) is 13.4. The Kier molecular flexibility index (Phi) is 10.3. The first kappa shape index (κ1) is 30.5. The van der Waals surface area contributed by atoms with Crippen LogP contribution in [0, 0.1) is 17.6 Å². The van der Waals surface area contributed by atoms with E-state index in [2.05, 4.69) is 15.6 Å². The smallest absolute Gasteiger partial charge is 0.338 e. The maximum absolute atomic E-state index is 14.5. The quantitative estimate of drug-likeness (QED) is 0.192. The molecule has 2 aliphatic rings. The number of halogens is 3. The Hall–Kier alpha value is -2.44. The number of nitrogens with one attached hydrogen (secondary N) is 2. The summed E-state index contributed by atoms with van der Waals surface area (Å²) in [6, 6.07) is 1.49. The molecule has 1 aromatic carbocycles. The summed E-state index contributed by atoms with van der Waals surface area (Å²) in [5, 5.41) is 19.4. The third-order valence-corrected chi connectivity index (χ3v) is 8.31. The molecule has 2 aromatic rings. The number of hydrogen-bond acceptors (Lipinski definition) is 9. The van der Waals surface area contributed by atoms with Crippen molar-refractivity contribution >= 4 is 34.7 Å². The van der Waals surface area contributed by atoms with Crippen molar-refractivity contribution in [3.05, 3.63) is 62.2 Å². The summed E-state index contributed by atoms with van der Waals surface area (Å²) in [5.74, 6) is -2.54. The van der Waals surface area contributed by atoms with Crippen molar-refractivity contribution in [1.29, 1.82) is 0 Å². The Balaban J connectivity index is 1.60. The van der Waals surface area contributed by atoms with Gasteiger partial charge >= 0.3 is 5.97 Å². The molecule has 1 unspecified atom stereocenters. The summed E-state index contributed by atoms with van der Waals surface area (Å²) in [4.78, 5) is 22.2. The number of thiazole rings is 1. The fraction of sp³-hybridized carbons (Fsp3) is 0.536. The lowest BCUT2D eigenvalue weighted by Crippen LogP contribution is -2.47. The van der Waals surface area contributed by atoms with E-state index >= 15 is 0 Å². The van der Waals surface area contributed by atoms with Gasteiger partial charge in [0.15, 0.2) is 22.5 Å². The number of benzene rings is 1. The van der Waals surface area contributed by atoms with Crippen molar-refractivity contribution in [3.8, 4) is 0 Å². The van der Waals surface area contributed by atoms with E-state index in [1.165, 1.54) is 24.5 Å². The minimum absolute atomic E-state index is 0.0578. The van der Waals surface area contributed by atoms with Gasteiger partial charge in [-0.15, -0.1) is 11.3 Å². The maximum Gasteiger partial charge on any atom is 0.338 e. The van der Waals surface area contributed by atoms with Gasteiger partial charge in [0.1, 0.15) is 6.04 Å². The van der Waals surface area contributed by atoms with Crippen LogP contribution in [-0.2, 0) is 14.3 Å². The summed E-state index contributed by atoms with van der Waals surface area (Å²) in [7, 11) is 1.27. The number of methoxy groups -OCH3 is 1. The van der Waals surface area contributed by atoms with E-state index in [9.17, 15) is 18.7 Å². The molecule has 2 atom stereocenters. The summed E-state index contributed by atoms with van der Waals surface area (Å²) in [6.45, 7) is 5.04. The highest BCUT2D eigenvalue weighted by atomic mass is 35.5. The third-order valence-electron chi connectivity index (χ3n) is 7.14. The van der Waals surface area contributed by atoms with E-state index in [1.807, 2.05) is 6.92 Å². The minimum atomic E-state index is -1.20. The van der Waals surface area contributed by atoms with E-state index in [0.29, 0.717) is 29.7 Å². The first-order valence-corrected chi connectivity index (χ1v) is 14.6. The molecule has 8 nitrogen and oxygen atoms in total. The molecule has 0 saturated heterocycles. The van der Waals surface area contributed by atoms with Crippen LogP contribution in [0.25, 0.3) is 0 Å². The molecule has 4 rings (SSSR count). The van der Waals surface area contributed by atoms with Crippen LogP contribution in [0.3, 0.4) is 0 Å². The fourth-order valence-corrected chi connectivity index (χ4v) is 5.93. The summed E-state index contributed by atoms with van der Waals surface area (Å²) in [5.41, 5.74) is 0.0179. The molecular weight excluding hydrogens is 562 g/mol. The molecule has 0 bridgehead atoms. The van der Waals surface area contributed by atoms with E-state index in [-0.39, 0.29) is 29.7 Å². The predicted octanol–water partition coefficient (Wildman–Crippen LogP) is 4.92. The number of rotatable bonds is 11. The molecule has 1 fully saturated rings. The van der Waals surface area contributed by atoms with Crippen LogP contribution in [0.15, 0.2) is 40.0 Å². The fourth-order valence-electron chi connectivity index (χ4n) is 5.09. The number of esters is 1. The molecule has 2 heterocycles. The lowest BCUT2D eigenvalue weighted by Gasteiger charge is -2.36. The Morgan fingerprint density at radius 2 is 2.05 bits per heavy atom. The number of aliphatic hydroxyl groups is 1. The van der Waals surface area contributed by atoms with Crippen LogP contribution in [0.1, 0.15) is 62.6 Å². The zero-order valence-corrected chi connectivity index (χ0v) is 24.4. The molecular formula is C28H35ClF2N4O4S. The van der Waals surface area contributed by atoms with Crippen molar-refractivity contribution in [1.82, 2.24) is 15.6 Å². The first-order chi connectivity index (χ1) is 19.1. The third kappa shape index (κ3) is 7.06. The SMILES string of the molecule is CCCOC[C@](C)(O)CN[C@H]1CC[C@H](C2=C(C(=O)OC)C(c3ccc(F)c(F)c3Cl)N=C(c3nccs3)N2)CC1. The average Bonchev–Trinajstić information content (AvgIpc) is 3.50. The molecule has 1 aliphatic heterocycles. The molecule has 0 amide bonds. The molecule has 0 radical (unpaired) electrons. The Labute approximate surface area is 241 Å². The van der Waals surface area contributed by atoms with Crippen molar-refractivity contribution in [2.24, 2.45) is 10.9 Å². The second-order valence-electron chi connectivity index (χ2n) is 10.4. The minimum Gasteiger partial charge on any atom is -0.466 e. The van der Waals surface area contributed by atoms with Crippen LogP contribution < -0.4 is 10.6 Å². The van der Waals surface area contributed by atoms with E-state index in [0.717, 1.165) is 38.2 Å². The Morgan fingerprint density at radius 3 is 2.70 bits per heavy atom. The van der Waals surface area contributed by atoms with E-state index < -0.39 is 34.3 Å². The second kappa shape index (κ2) is 13.5. The number of aromatic nitrogens is 1. The van der Waals surface area contributed by atoms with Crippen molar-refractivity contribution in [2.45, 2.75) is 63.6 Å². The number of hydrogen-bond donors (Lipinski definition) is 3. The van der Waals surface area contributed by atoms with Gasteiger partial charge < -0.3 is 25.2 Å². The van der Waals surface area contributed by atoms with E-state index in [4.69, 9.17) is 26.1 Å². The van der Waals surface area contributed by atoms with Gasteiger partial charge in [-0.2, -0.15) is 0 Å². The van der Waals surface area contributed by atoms with Crippen LogP contribution >= 0.6 is 22.9 Å². The number of amidine groups is 1. The molecule has 1 saturated carbocycles. The van der Waals surface area contributed by atoms with E-state index in [1.54, 1.807) is 18.5 Å². The van der Waals surface area contributed by atoms with Crippen LogP contribution in [0.4, 0.5) is 8.78 Å². The number of ether oxygens (including phenoxy) is 2. The average molecular weight is 597 g/mol. The zero-order chi connectivity index (χ0) is 28.9. The maximum atomic E-state index is 14.5. The number of carbonyl (C=O) groups excluding carboxylic acids is 1. The molecule has 1 aliphatic carbocycles. The highest BCUT2D eigenvalue weighted by molar-refractivity contribution is 7.11. The van der Waals surface area contributed by atoms with Gasteiger partial charge in [-0.25, -0.2) is 18.6 Å². The summed E-state index contributed by atoms with van der Waals surface area (Å²) >= 11 is 7.61. The van der Waals surface area contributed by atoms with Gasteiger partial charge in [0.2, 0.25) is 0 Å². The standard InChI is InChI=1S/C28H35ClF2N4O4S/c1-4-12-39-15-28(2,37)14-33-17-7-5-16(6-8-17)23-20(27(36)38-3)24(18-9-10-19(30)22(31)21(18)29)35-25(34-23)26-32-11-13-40-26/h9-11,13,16-17,24,33,37H,4-8,12,14-15H2,1-3H3,(H,34,35)/t16-,17-,24?,28-/m1/s1. The zero-order valence-electron chi connectivity index (χ0n) is 22.8. The number of aliphatic imine (C=N–C) groups is 1. The lowest BCUT2D eigenvalue weighted by molar-refractivity contribution is -0.136. The number of nitrogens with zero attached hydrogens (tertiary/aromatic N) is 2. The van der Waals surface area contributed by atoms with Gasteiger partial charge in [0.25, 0.3) is 0 Å². The van der Waals surface area contributed by atoms with Crippen LogP contribution in [-0.4, -0.2) is 60.4 Å². The monoisotopic (exact) mass is 596 g/mol. The number of carbonyl (C=O) groups is 1. The normalized spacial score (nSPS) is 22.9. The molecule has 0 spiro atoms. The lowest BCUT2D eigenvalue weighted by atomic mass is 9.80. The topological polar surface area (TPSA) is 105 Å². The summed E-state index contributed by atoms with van der Waals surface area (Å²) in [6.07, 6.45) is 5.61. The number of allylic oxidation sites excluding steroid dienone is 1. The van der Waals surface area contributed by atoms with Gasteiger partial charge in [-0.1, -0.05) is 24.6 Å². The Bertz CT molecular complexity index is 1250. The van der Waals surface area contributed by atoms with Crippen LogP contribution in [0.5, 0.6) is 0 Å². The molecule has 3 N–H and O–H groups in total. The predicted molar refractivity (Wildman–Crippen MR) is 150 cm³/mol. The van der Waals surface area contributed by atoms with Crippen molar-refractivity contribution in [2.75, 3.05) is 26.9 Å². The molecule has 218 valence electrons. The van der Waals surface area contributed by atoms with Crippen molar-refractivity contribution in [3.63, 3.8) is 0 Å². The highest BCUT2D eigenvalue weighted by Crippen LogP contribution is 2.41. The van der Waals surface area contributed by atoms with Crippen molar-refractivity contribution < 1.29 is 28.2 Å². The highest BCUT2D eigenvalue weighted by Gasteiger charge is 2.38.